The van der Waals surface area contributed by atoms with Crippen LogP contribution in [0.4, 0.5) is 0 Å². The van der Waals surface area contributed by atoms with Crippen LogP contribution < -0.4 is 38.5 Å². The number of rotatable bonds is 19. The molecular formula is C21H39N7O7S. The predicted octanol–water partition coefficient (Wildman–Crippen LogP) is -2.86. The van der Waals surface area contributed by atoms with Gasteiger partial charge in [0.05, 0.1) is 6.04 Å². The Morgan fingerprint density at radius 1 is 0.861 bits per heavy atom. The van der Waals surface area contributed by atoms with Crippen LogP contribution in [0.3, 0.4) is 0 Å². The van der Waals surface area contributed by atoms with Crippen molar-refractivity contribution in [2.75, 3.05) is 25.1 Å². The molecule has 0 radical (unpaired) electrons. The highest BCUT2D eigenvalue weighted by molar-refractivity contribution is 7.98. The molecule has 0 bridgehead atoms. The van der Waals surface area contributed by atoms with Crippen molar-refractivity contribution in [2.45, 2.75) is 69.6 Å². The molecule has 14 nitrogen and oxygen atoms in total. The normalized spacial score (nSPS) is 14.0. The Kier molecular flexibility index (Phi) is 16.9. The third-order valence-electron chi connectivity index (χ3n) is 5.03. The van der Waals surface area contributed by atoms with Crippen LogP contribution in [0.25, 0.3) is 0 Å². The summed E-state index contributed by atoms with van der Waals surface area (Å²) >= 11 is 1.43. The van der Waals surface area contributed by atoms with Gasteiger partial charge in [-0.3, -0.25) is 28.8 Å². The molecule has 5 amide bonds. The molecule has 0 aromatic rings. The quantitative estimate of drug-likeness (QED) is 0.0788. The summed E-state index contributed by atoms with van der Waals surface area (Å²) in [6.45, 7) is 1.21. The van der Waals surface area contributed by atoms with E-state index >= 15 is 0 Å². The molecular weight excluding hydrogens is 494 g/mol. The van der Waals surface area contributed by atoms with Crippen LogP contribution in [0, 0.1) is 0 Å². The van der Waals surface area contributed by atoms with E-state index in [1.807, 2.05) is 0 Å². The Labute approximate surface area is 214 Å². The first-order valence-corrected chi connectivity index (χ1v) is 13.0. The summed E-state index contributed by atoms with van der Waals surface area (Å²) in [5.74, 6) is -4.12. The molecule has 0 aliphatic rings. The van der Waals surface area contributed by atoms with Gasteiger partial charge in [-0.15, -0.1) is 0 Å². The van der Waals surface area contributed by atoms with E-state index in [1.54, 1.807) is 6.26 Å². The molecule has 11 N–H and O–H groups in total. The van der Waals surface area contributed by atoms with E-state index in [9.17, 15) is 28.8 Å². The molecule has 0 aromatic heterocycles. The number of carbonyl (C=O) groups is 6. The second-order valence-electron chi connectivity index (χ2n) is 8.14. The van der Waals surface area contributed by atoms with E-state index in [0.717, 1.165) is 0 Å². The van der Waals surface area contributed by atoms with Gasteiger partial charge >= 0.3 is 5.97 Å². The fourth-order valence-electron chi connectivity index (χ4n) is 2.95. The summed E-state index contributed by atoms with van der Waals surface area (Å²) in [4.78, 5) is 72.1. The number of aliphatic carboxylic acids is 1. The molecule has 0 spiro atoms. The van der Waals surface area contributed by atoms with E-state index in [0.29, 0.717) is 31.6 Å². The molecule has 0 aromatic carbocycles. The molecule has 0 unspecified atom stereocenters. The van der Waals surface area contributed by atoms with Gasteiger partial charge in [0.15, 0.2) is 0 Å². The van der Waals surface area contributed by atoms with Gasteiger partial charge in [0.1, 0.15) is 24.7 Å². The Balaban J connectivity index is 5.34. The largest absolute Gasteiger partial charge is 0.480 e. The lowest BCUT2D eigenvalue weighted by molar-refractivity contribution is -0.138. The molecule has 0 saturated carbocycles. The highest BCUT2D eigenvalue weighted by Gasteiger charge is 2.29. The Bertz CT molecular complexity index is 769. The van der Waals surface area contributed by atoms with Crippen LogP contribution in [-0.2, 0) is 28.8 Å². The number of amides is 5. The summed E-state index contributed by atoms with van der Waals surface area (Å²) in [5.41, 5.74) is 16.5. The zero-order chi connectivity index (χ0) is 27.7. The SMILES string of the molecule is CSCC[C@H](NC(=O)[C@H](CCC(N)=O)NC(=O)[C@@H](N)CCCCN)C(=O)N[C@@H](C)C(=O)NCC(=O)O. The lowest BCUT2D eigenvalue weighted by atomic mass is 10.1. The zero-order valence-electron chi connectivity index (χ0n) is 20.7. The van der Waals surface area contributed by atoms with Gasteiger partial charge in [0, 0.05) is 6.42 Å². The molecule has 4 atom stereocenters. The van der Waals surface area contributed by atoms with Crippen molar-refractivity contribution >= 4 is 47.3 Å². The molecule has 15 heteroatoms. The number of carbonyl (C=O) groups excluding carboxylic acids is 5. The number of primary amides is 1. The van der Waals surface area contributed by atoms with E-state index in [2.05, 4.69) is 21.3 Å². The van der Waals surface area contributed by atoms with Crippen molar-refractivity contribution in [1.29, 1.82) is 0 Å². The summed E-state index contributed by atoms with van der Waals surface area (Å²) in [6, 6.07) is -4.19. The molecule has 36 heavy (non-hydrogen) atoms. The number of thioether (sulfide) groups is 1. The minimum atomic E-state index is -1.24. The lowest BCUT2D eigenvalue weighted by Gasteiger charge is -2.25. The maximum absolute atomic E-state index is 13.0. The van der Waals surface area contributed by atoms with Gasteiger partial charge in [-0.1, -0.05) is 6.42 Å². The summed E-state index contributed by atoms with van der Waals surface area (Å²) < 4.78 is 0. The molecule has 0 saturated heterocycles. The Morgan fingerprint density at radius 3 is 2.00 bits per heavy atom. The molecule has 0 heterocycles. The van der Waals surface area contributed by atoms with E-state index in [-0.39, 0.29) is 19.3 Å². The van der Waals surface area contributed by atoms with Crippen molar-refractivity contribution in [3.05, 3.63) is 0 Å². The Morgan fingerprint density at radius 2 is 1.44 bits per heavy atom. The van der Waals surface area contributed by atoms with Crippen LogP contribution in [0.1, 0.15) is 45.4 Å². The second kappa shape index (κ2) is 18.4. The van der Waals surface area contributed by atoms with Crippen molar-refractivity contribution in [1.82, 2.24) is 21.3 Å². The monoisotopic (exact) mass is 533 g/mol. The maximum atomic E-state index is 13.0. The van der Waals surface area contributed by atoms with Crippen molar-refractivity contribution < 1.29 is 33.9 Å². The molecule has 0 fully saturated rings. The number of nitrogens with two attached hydrogens (primary N) is 3. The van der Waals surface area contributed by atoms with E-state index in [1.165, 1.54) is 18.7 Å². The van der Waals surface area contributed by atoms with Gasteiger partial charge in [0.25, 0.3) is 0 Å². The van der Waals surface area contributed by atoms with E-state index in [4.69, 9.17) is 22.3 Å². The lowest BCUT2D eigenvalue weighted by Crippen LogP contribution is -2.57. The van der Waals surface area contributed by atoms with Crippen molar-refractivity contribution in [3.8, 4) is 0 Å². The minimum absolute atomic E-state index is 0.104. The van der Waals surface area contributed by atoms with Gasteiger partial charge in [0.2, 0.25) is 29.5 Å². The van der Waals surface area contributed by atoms with E-state index < -0.39 is 66.2 Å². The third-order valence-corrected chi connectivity index (χ3v) is 5.67. The summed E-state index contributed by atoms with van der Waals surface area (Å²) in [7, 11) is 0. The first kappa shape index (κ1) is 33.1. The van der Waals surface area contributed by atoms with Crippen LogP contribution in [0.5, 0.6) is 0 Å². The number of nitrogens with one attached hydrogen (secondary N) is 4. The maximum Gasteiger partial charge on any atom is 0.322 e. The third kappa shape index (κ3) is 14.5. The first-order valence-electron chi connectivity index (χ1n) is 11.6. The molecule has 0 rings (SSSR count). The number of hydrogen-bond donors (Lipinski definition) is 8. The van der Waals surface area contributed by atoms with Crippen molar-refractivity contribution in [2.24, 2.45) is 17.2 Å². The summed E-state index contributed by atoms with van der Waals surface area (Å²) in [6.07, 6.45) is 3.38. The molecule has 206 valence electrons. The zero-order valence-corrected chi connectivity index (χ0v) is 21.5. The topological polar surface area (TPSA) is 249 Å². The molecule has 0 aliphatic carbocycles. The highest BCUT2D eigenvalue weighted by atomic mass is 32.2. The van der Waals surface area contributed by atoms with Gasteiger partial charge in [-0.05, 0) is 51.2 Å². The fourth-order valence-corrected chi connectivity index (χ4v) is 3.42. The highest BCUT2D eigenvalue weighted by Crippen LogP contribution is 2.06. The summed E-state index contributed by atoms with van der Waals surface area (Å²) in [5, 5.41) is 18.3. The average Bonchev–Trinajstić information content (AvgIpc) is 2.81. The van der Waals surface area contributed by atoms with Crippen LogP contribution in [0.2, 0.25) is 0 Å². The number of carboxylic acid groups (broad SMARTS) is 1. The van der Waals surface area contributed by atoms with Crippen LogP contribution >= 0.6 is 11.8 Å². The van der Waals surface area contributed by atoms with Gasteiger partial charge in [-0.2, -0.15) is 11.8 Å². The standard InChI is InChI=1S/C21H39N7O7S/c1-12(18(32)25-11-17(30)31)26-20(34)15(8-10-36-2)28-21(35)14(6-7-16(24)29)27-19(33)13(23)5-3-4-9-22/h12-15H,3-11,22-23H2,1-2H3,(H2,24,29)(H,25,32)(H,26,34)(H,27,33)(H,28,35)(H,30,31)/t12-,13-,14-,15-/m0/s1. The number of unbranched alkanes of at least 4 members (excludes halogenated alkanes) is 1. The minimum Gasteiger partial charge on any atom is -0.480 e. The van der Waals surface area contributed by atoms with Gasteiger partial charge in [-0.25, -0.2) is 0 Å². The van der Waals surface area contributed by atoms with Gasteiger partial charge < -0.3 is 43.6 Å². The predicted molar refractivity (Wildman–Crippen MR) is 134 cm³/mol. The molecule has 0 aliphatic heterocycles. The number of carboxylic acids is 1. The first-order chi connectivity index (χ1) is 16.9. The fraction of sp³-hybridized carbons (Fsp3) is 0.714. The van der Waals surface area contributed by atoms with Crippen LogP contribution in [-0.4, -0.2) is 89.9 Å². The van der Waals surface area contributed by atoms with Crippen LogP contribution in [0.15, 0.2) is 0 Å². The average molecular weight is 534 g/mol. The smallest absolute Gasteiger partial charge is 0.322 e. The Hall–Kier alpha value is -2.91. The van der Waals surface area contributed by atoms with Crippen molar-refractivity contribution in [3.63, 3.8) is 0 Å². The number of hydrogen-bond acceptors (Lipinski definition) is 9. The second-order valence-corrected chi connectivity index (χ2v) is 9.13.